The Morgan fingerprint density at radius 3 is 1.58 bits per heavy atom. The number of ether oxygens (including phenoxy) is 2. The van der Waals surface area contributed by atoms with E-state index < -0.39 is 11.9 Å². The molecule has 0 amide bonds. The summed E-state index contributed by atoms with van der Waals surface area (Å²) in [6, 6.07) is 2.87. The summed E-state index contributed by atoms with van der Waals surface area (Å²) < 4.78 is 15.3. The van der Waals surface area contributed by atoms with E-state index in [9.17, 15) is 9.59 Å². The first-order valence-corrected chi connectivity index (χ1v) is 6.71. The lowest BCUT2D eigenvalue weighted by molar-refractivity contribution is 0.0430. The van der Waals surface area contributed by atoms with Gasteiger partial charge in [-0.25, -0.2) is 9.59 Å². The van der Waals surface area contributed by atoms with Gasteiger partial charge in [0.15, 0.2) is 0 Å². The van der Waals surface area contributed by atoms with E-state index >= 15 is 0 Å². The number of fused-ring (bicyclic) bond motifs is 2. The van der Waals surface area contributed by atoms with Crippen molar-refractivity contribution in [2.75, 3.05) is 13.2 Å². The van der Waals surface area contributed by atoms with Crippen LogP contribution in [0.1, 0.15) is 59.6 Å². The molecule has 0 aliphatic carbocycles. The minimum Gasteiger partial charge on any atom is -0.460 e. The number of hydrogen-bond acceptors (Lipinski definition) is 5. The number of esters is 2. The number of hydrogen-bond donors (Lipinski definition) is 0. The second-order valence-electron chi connectivity index (χ2n) is 4.56. The van der Waals surface area contributed by atoms with E-state index in [1.54, 1.807) is 0 Å². The number of carbonyl (C=O) groups excluding carboxylic acids is 2. The highest BCUT2D eigenvalue weighted by atomic mass is 16.6. The summed E-state index contributed by atoms with van der Waals surface area (Å²) in [5, 5.41) is 0. The van der Waals surface area contributed by atoms with Gasteiger partial charge in [0.05, 0.1) is 13.2 Å². The topological polar surface area (TPSA) is 65.7 Å². The van der Waals surface area contributed by atoms with Crippen LogP contribution in [0.5, 0.6) is 0 Å². The molecule has 1 aliphatic rings. The van der Waals surface area contributed by atoms with E-state index in [0.29, 0.717) is 13.2 Å². The summed E-state index contributed by atoms with van der Waals surface area (Å²) in [6.07, 6.45) is 6.00. The van der Waals surface area contributed by atoms with Crippen molar-refractivity contribution in [3.8, 4) is 0 Å². The van der Waals surface area contributed by atoms with Gasteiger partial charge in [0.25, 0.3) is 0 Å². The number of furan rings is 1. The summed E-state index contributed by atoms with van der Waals surface area (Å²) in [4.78, 5) is 23.2. The van der Waals surface area contributed by atoms with Crippen LogP contribution in [-0.4, -0.2) is 25.2 Å². The highest BCUT2D eigenvalue weighted by molar-refractivity contribution is 5.90. The summed E-state index contributed by atoms with van der Waals surface area (Å²) in [5.74, 6) is -0.980. The van der Waals surface area contributed by atoms with Gasteiger partial charge in [-0.1, -0.05) is 25.7 Å². The van der Waals surface area contributed by atoms with Crippen LogP contribution in [0.3, 0.4) is 0 Å². The van der Waals surface area contributed by atoms with Crippen LogP contribution in [0.4, 0.5) is 0 Å². The minimum atomic E-state index is -0.533. The molecule has 0 saturated heterocycles. The van der Waals surface area contributed by atoms with Crippen molar-refractivity contribution >= 4 is 11.9 Å². The molecule has 2 heterocycles. The maximum absolute atomic E-state index is 11.6. The van der Waals surface area contributed by atoms with Crippen molar-refractivity contribution in [1.82, 2.24) is 0 Å². The molecule has 0 unspecified atom stereocenters. The van der Waals surface area contributed by atoms with Gasteiger partial charge in [-0.15, -0.1) is 0 Å². The second kappa shape index (κ2) is 6.97. The Bertz CT molecular complexity index is 396. The van der Waals surface area contributed by atoms with Crippen LogP contribution in [0.25, 0.3) is 0 Å². The minimum absolute atomic E-state index is 0.0434. The van der Waals surface area contributed by atoms with Crippen molar-refractivity contribution in [2.45, 2.75) is 38.5 Å². The molecule has 0 atom stereocenters. The van der Waals surface area contributed by atoms with Crippen LogP contribution < -0.4 is 0 Å². The van der Waals surface area contributed by atoms with Gasteiger partial charge < -0.3 is 13.9 Å². The summed E-state index contributed by atoms with van der Waals surface area (Å²) >= 11 is 0. The molecule has 1 aromatic rings. The maximum Gasteiger partial charge on any atom is 0.374 e. The first kappa shape index (κ1) is 13.6. The molecule has 0 spiro atoms. The number of rotatable bonds is 0. The average Bonchev–Trinajstić information content (AvgIpc) is 2.89. The Morgan fingerprint density at radius 2 is 1.11 bits per heavy atom. The van der Waals surface area contributed by atoms with Gasteiger partial charge in [0.2, 0.25) is 11.5 Å². The molecule has 0 radical (unpaired) electrons. The van der Waals surface area contributed by atoms with Gasteiger partial charge in [0.1, 0.15) is 0 Å². The Kier molecular flexibility index (Phi) is 5.01. The van der Waals surface area contributed by atoms with Crippen LogP contribution in [-0.2, 0) is 9.47 Å². The first-order valence-electron chi connectivity index (χ1n) is 6.71. The molecular formula is C14H18O5. The normalized spacial score (nSPS) is 18.9. The predicted molar refractivity (Wildman–Crippen MR) is 67.0 cm³/mol. The first-order chi connectivity index (χ1) is 9.27. The fraction of sp³-hybridized carbons (Fsp3) is 0.571. The van der Waals surface area contributed by atoms with E-state index in [2.05, 4.69) is 0 Å². The second-order valence-corrected chi connectivity index (χ2v) is 4.56. The van der Waals surface area contributed by atoms with Gasteiger partial charge >= 0.3 is 11.9 Å². The molecule has 1 aromatic heterocycles. The molecule has 0 fully saturated rings. The lowest BCUT2D eigenvalue weighted by Gasteiger charge is -2.03. The molecular weight excluding hydrogens is 248 g/mol. The molecule has 1 aliphatic heterocycles. The maximum atomic E-state index is 11.6. The number of carbonyl (C=O) groups is 2. The smallest absolute Gasteiger partial charge is 0.374 e. The molecule has 0 N–H and O–H groups in total. The zero-order valence-electron chi connectivity index (χ0n) is 10.9. The lowest BCUT2D eigenvalue weighted by atomic mass is 10.1. The number of cyclic esters (lactones) is 2. The van der Waals surface area contributed by atoms with Crippen molar-refractivity contribution in [3.63, 3.8) is 0 Å². The zero-order valence-corrected chi connectivity index (χ0v) is 10.9. The van der Waals surface area contributed by atoms with Crippen molar-refractivity contribution in [1.29, 1.82) is 0 Å². The van der Waals surface area contributed by atoms with Gasteiger partial charge in [-0.05, 0) is 25.0 Å². The predicted octanol–water partition coefficient (Wildman–Crippen LogP) is 2.95. The zero-order chi connectivity index (χ0) is 13.5. The molecule has 5 nitrogen and oxygen atoms in total. The Balaban J connectivity index is 2.00. The standard InChI is InChI=1S/C14H18O5/c15-13-11-7-8-12(19-11)14(16)18-10-6-4-2-1-3-5-9-17-13/h7-8H,1-6,9-10H2. The molecule has 5 heteroatoms. The van der Waals surface area contributed by atoms with Gasteiger partial charge in [-0.3, -0.25) is 0 Å². The van der Waals surface area contributed by atoms with Gasteiger partial charge in [0, 0.05) is 0 Å². The SMILES string of the molecule is O=C1OCCCCCCCCOC(=O)c2ccc1o2. The van der Waals surface area contributed by atoms with Crippen molar-refractivity contribution < 1.29 is 23.5 Å². The molecule has 2 rings (SSSR count). The van der Waals surface area contributed by atoms with E-state index in [0.717, 1.165) is 38.5 Å². The highest BCUT2D eigenvalue weighted by Crippen LogP contribution is 2.13. The Labute approximate surface area is 111 Å². The van der Waals surface area contributed by atoms with E-state index in [4.69, 9.17) is 13.9 Å². The van der Waals surface area contributed by atoms with Crippen molar-refractivity contribution in [3.05, 3.63) is 23.7 Å². The average molecular weight is 266 g/mol. The summed E-state index contributed by atoms with van der Waals surface area (Å²) in [5.41, 5.74) is 0. The molecule has 0 saturated carbocycles. The lowest BCUT2D eigenvalue weighted by Crippen LogP contribution is -2.06. The third kappa shape index (κ3) is 4.12. The molecule has 0 aromatic carbocycles. The Morgan fingerprint density at radius 1 is 0.684 bits per heavy atom. The molecule has 2 bridgehead atoms. The fourth-order valence-corrected chi connectivity index (χ4v) is 1.94. The van der Waals surface area contributed by atoms with Crippen LogP contribution in [0, 0.1) is 0 Å². The molecule has 104 valence electrons. The van der Waals surface area contributed by atoms with Crippen LogP contribution >= 0.6 is 0 Å². The van der Waals surface area contributed by atoms with E-state index in [1.807, 2.05) is 0 Å². The highest BCUT2D eigenvalue weighted by Gasteiger charge is 2.17. The summed E-state index contributed by atoms with van der Waals surface area (Å²) in [6.45, 7) is 0.776. The quantitative estimate of drug-likeness (QED) is 0.675. The Hall–Kier alpha value is -1.78. The van der Waals surface area contributed by atoms with E-state index in [1.165, 1.54) is 12.1 Å². The van der Waals surface area contributed by atoms with Crippen LogP contribution in [0.2, 0.25) is 0 Å². The molecule has 19 heavy (non-hydrogen) atoms. The third-order valence-corrected chi connectivity index (χ3v) is 3.01. The summed E-state index contributed by atoms with van der Waals surface area (Å²) in [7, 11) is 0. The van der Waals surface area contributed by atoms with Crippen molar-refractivity contribution in [2.24, 2.45) is 0 Å². The fourth-order valence-electron chi connectivity index (χ4n) is 1.94. The monoisotopic (exact) mass is 266 g/mol. The van der Waals surface area contributed by atoms with E-state index in [-0.39, 0.29) is 11.5 Å². The largest absolute Gasteiger partial charge is 0.460 e. The third-order valence-electron chi connectivity index (χ3n) is 3.01. The van der Waals surface area contributed by atoms with Crippen LogP contribution in [0.15, 0.2) is 16.5 Å². The van der Waals surface area contributed by atoms with Gasteiger partial charge in [-0.2, -0.15) is 0 Å².